The second-order valence-electron chi connectivity index (χ2n) is 3.22. The Morgan fingerprint density at radius 3 is 3.00 bits per heavy atom. The maximum absolute atomic E-state index is 4.19. The van der Waals surface area contributed by atoms with E-state index in [-0.39, 0.29) is 0 Å². The van der Waals surface area contributed by atoms with E-state index in [2.05, 4.69) is 41.3 Å². The number of fused-ring (bicyclic) bond motifs is 1. The molecule has 0 saturated carbocycles. The van der Waals surface area contributed by atoms with Crippen LogP contribution in [0, 0.1) is 0 Å². The molecule has 0 fully saturated rings. The topological polar surface area (TPSA) is 25.8 Å². The third kappa shape index (κ3) is 1.73. The van der Waals surface area contributed by atoms with E-state index in [1.54, 1.807) is 6.33 Å². The molecule has 0 amide bonds. The lowest BCUT2D eigenvalue weighted by molar-refractivity contribution is 1.10. The molecule has 0 aliphatic carbocycles. The molecule has 1 aromatic heterocycles. The highest BCUT2D eigenvalue weighted by molar-refractivity contribution is 7.98. The molecule has 1 heterocycles. The van der Waals surface area contributed by atoms with Crippen LogP contribution >= 0.6 is 11.8 Å². The van der Waals surface area contributed by atoms with Gasteiger partial charge in [-0.05, 0) is 30.9 Å². The fourth-order valence-electron chi connectivity index (χ4n) is 1.39. The smallest absolute Gasteiger partial charge is 0.116 e. The third-order valence-electron chi connectivity index (χ3n) is 2.35. The number of hydrogen-bond donors (Lipinski definition) is 0. The van der Waals surface area contributed by atoms with Crippen molar-refractivity contribution in [3.8, 4) is 0 Å². The van der Waals surface area contributed by atoms with Crippen LogP contribution in [-0.4, -0.2) is 16.2 Å². The molecule has 0 radical (unpaired) electrons. The summed E-state index contributed by atoms with van der Waals surface area (Å²) in [6, 6.07) is 6.35. The van der Waals surface area contributed by atoms with Gasteiger partial charge in [0.15, 0.2) is 0 Å². The highest BCUT2D eigenvalue weighted by Gasteiger charge is 2.04. The first-order valence-electron chi connectivity index (χ1n) is 4.53. The van der Waals surface area contributed by atoms with Crippen LogP contribution in [0.5, 0.6) is 0 Å². The summed E-state index contributed by atoms with van der Waals surface area (Å²) < 4.78 is 0. The van der Waals surface area contributed by atoms with Crippen molar-refractivity contribution in [1.82, 2.24) is 9.97 Å². The van der Waals surface area contributed by atoms with Gasteiger partial charge >= 0.3 is 0 Å². The molecule has 2 nitrogen and oxygen atoms in total. The standard InChI is InChI=1S/C11H12N2S/c1-8(14-2)9-3-4-11-10(5-9)6-12-7-13-11/h3-8H,1-2H3. The molecule has 0 bridgehead atoms. The van der Waals surface area contributed by atoms with Crippen LogP contribution in [0.15, 0.2) is 30.7 Å². The van der Waals surface area contributed by atoms with Crippen molar-refractivity contribution in [1.29, 1.82) is 0 Å². The van der Waals surface area contributed by atoms with E-state index in [9.17, 15) is 0 Å². The number of rotatable bonds is 2. The first-order valence-corrected chi connectivity index (χ1v) is 5.82. The molecule has 1 unspecified atom stereocenters. The number of thioether (sulfide) groups is 1. The second kappa shape index (κ2) is 3.96. The van der Waals surface area contributed by atoms with Gasteiger partial charge in [-0.2, -0.15) is 11.8 Å². The summed E-state index contributed by atoms with van der Waals surface area (Å²) in [6.45, 7) is 2.20. The van der Waals surface area contributed by atoms with Gasteiger partial charge < -0.3 is 0 Å². The average Bonchev–Trinajstić information content (AvgIpc) is 2.27. The SMILES string of the molecule is CSC(C)c1ccc2ncncc2c1. The summed E-state index contributed by atoms with van der Waals surface area (Å²) in [6.07, 6.45) is 5.56. The first kappa shape index (κ1) is 9.46. The Balaban J connectivity index is 2.51. The van der Waals surface area contributed by atoms with Crippen LogP contribution in [0.3, 0.4) is 0 Å². The Bertz CT molecular complexity index is 442. The highest BCUT2D eigenvalue weighted by Crippen LogP contribution is 2.27. The highest BCUT2D eigenvalue weighted by atomic mass is 32.2. The maximum atomic E-state index is 4.19. The zero-order valence-corrected chi connectivity index (χ0v) is 9.08. The lowest BCUT2D eigenvalue weighted by Crippen LogP contribution is -1.88. The number of benzene rings is 1. The van der Waals surface area contributed by atoms with E-state index in [0.717, 1.165) is 10.9 Å². The zero-order valence-electron chi connectivity index (χ0n) is 8.27. The lowest BCUT2D eigenvalue weighted by Gasteiger charge is -2.08. The summed E-state index contributed by atoms with van der Waals surface area (Å²) in [5.74, 6) is 0. The van der Waals surface area contributed by atoms with Crippen molar-refractivity contribution < 1.29 is 0 Å². The average molecular weight is 204 g/mol. The largest absolute Gasteiger partial charge is 0.244 e. The molecule has 0 spiro atoms. The maximum Gasteiger partial charge on any atom is 0.116 e. The van der Waals surface area contributed by atoms with Gasteiger partial charge in [0.1, 0.15) is 6.33 Å². The van der Waals surface area contributed by atoms with Gasteiger partial charge in [0.05, 0.1) is 5.52 Å². The number of hydrogen-bond acceptors (Lipinski definition) is 3. The van der Waals surface area contributed by atoms with Crippen molar-refractivity contribution >= 4 is 22.7 Å². The molecule has 14 heavy (non-hydrogen) atoms. The lowest BCUT2D eigenvalue weighted by atomic mass is 10.1. The van der Waals surface area contributed by atoms with Gasteiger partial charge in [0.2, 0.25) is 0 Å². The van der Waals surface area contributed by atoms with Crippen LogP contribution in [0.1, 0.15) is 17.7 Å². The molecule has 0 aliphatic heterocycles. The van der Waals surface area contributed by atoms with Crippen molar-refractivity contribution in [3.05, 3.63) is 36.3 Å². The summed E-state index contributed by atoms with van der Waals surface area (Å²) in [7, 11) is 0. The molecule has 1 aromatic carbocycles. The number of aromatic nitrogens is 2. The van der Waals surface area contributed by atoms with E-state index in [0.29, 0.717) is 5.25 Å². The fourth-order valence-corrected chi connectivity index (χ4v) is 1.81. The van der Waals surface area contributed by atoms with Gasteiger partial charge in [0.25, 0.3) is 0 Å². The molecule has 0 saturated heterocycles. The van der Waals surface area contributed by atoms with E-state index in [4.69, 9.17) is 0 Å². The van der Waals surface area contributed by atoms with Gasteiger partial charge in [-0.1, -0.05) is 6.07 Å². The number of nitrogens with zero attached hydrogens (tertiary/aromatic N) is 2. The fraction of sp³-hybridized carbons (Fsp3) is 0.273. The van der Waals surface area contributed by atoms with Crippen LogP contribution in [0.25, 0.3) is 10.9 Å². The van der Waals surface area contributed by atoms with Crippen molar-refractivity contribution in [2.45, 2.75) is 12.2 Å². The summed E-state index contributed by atoms with van der Waals surface area (Å²) >= 11 is 1.85. The molecule has 0 N–H and O–H groups in total. The zero-order chi connectivity index (χ0) is 9.97. The third-order valence-corrected chi connectivity index (χ3v) is 3.33. The molecule has 3 heteroatoms. The van der Waals surface area contributed by atoms with E-state index >= 15 is 0 Å². The van der Waals surface area contributed by atoms with Crippen LogP contribution in [0.2, 0.25) is 0 Å². The summed E-state index contributed by atoms with van der Waals surface area (Å²) in [5, 5.41) is 1.64. The summed E-state index contributed by atoms with van der Waals surface area (Å²) in [5.41, 5.74) is 2.34. The van der Waals surface area contributed by atoms with Crippen molar-refractivity contribution in [3.63, 3.8) is 0 Å². The Hall–Kier alpha value is -1.09. The molecular weight excluding hydrogens is 192 g/mol. The van der Waals surface area contributed by atoms with Gasteiger partial charge in [-0.15, -0.1) is 0 Å². The second-order valence-corrected chi connectivity index (χ2v) is 4.40. The quantitative estimate of drug-likeness (QED) is 0.752. The molecule has 2 rings (SSSR count). The van der Waals surface area contributed by atoms with Gasteiger partial charge in [0, 0.05) is 16.8 Å². The minimum atomic E-state index is 0.527. The normalized spacial score (nSPS) is 13.0. The van der Waals surface area contributed by atoms with Crippen molar-refractivity contribution in [2.24, 2.45) is 0 Å². The van der Waals surface area contributed by atoms with Gasteiger partial charge in [-0.3, -0.25) is 0 Å². The molecule has 72 valence electrons. The Morgan fingerprint density at radius 2 is 2.21 bits per heavy atom. The Morgan fingerprint density at radius 1 is 1.36 bits per heavy atom. The monoisotopic (exact) mass is 204 g/mol. The van der Waals surface area contributed by atoms with E-state index in [1.165, 1.54) is 5.56 Å². The molecular formula is C11H12N2S. The Kier molecular flexibility index (Phi) is 2.68. The predicted octanol–water partition coefficient (Wildman–Crippen LogP) is 3.05. The van der Waals surface area contributed by atoms with Gasteiger partial charge in [-0.25, -0.2) is 9.97 Å². The van der Waals surface area contributed by atoms with E-state index < -0.39 is 0 Å². The molecule has 2 aromatic rings. The first-order chi connectivity index (χ1) is 6.81. The van der Waals surface area contributed by atoms with Crippen LogP contribution in [-0.2, 0) is 0 Å². The molecule has 1 atom stereocenters. The minimum absolute atomic E-state index is 0.527. The minimum Gasteiger partial charge on any atom is -0.244 e. The predicted molar refractivity (Wildman–Crippen MR) is 61.5 cm³/mol. The summed E-state index contributed by atoms with van der Waals surface area (Å²) in [4.78, 5) is 8.21. The van der Waals surface area contributed by atoms with Crippen LogP contribution in [0.4, 0.5) is 0 Å². The Labute approximate surface area is 87.8 Å². The van der Waals surface area contributed by atoms with Crippen molar-refractivity contribution in [2.75, 3.05) is 6.26 Å². The van der Waals surface area contributed by atoms with E-state index in [1.807, 2.05) is 18.0 Å². The van der Waals surface area contributed by atoms with Crippen LogP contribution < -0.4 is 0 Å². The molecule has 0 aliphatic rings.